The van der Waals surface area contributed by atoms with Gasteiger partial charge in [-0.3, -0.25) is 0 Å². The van der Waals surface area contributed by atoms with Crippen LogP contribution in [0.2, 0.25) is 25.7 Å². The third kappa shape index (κ3) is 5.60. The van der Waals surface area contributed by atoms with Crippen LogP contribution >= 0.6 is 27.5 Å². The number of rotatable bonds is 9. The molecule has 3 aromatic heterocycles. The van der Waals surface area contributed by atoms with Gasteiger partial charge in [0.05, 0.1) is 23.3 Å². The lowest BCUT2D eigenvalue weighted by molar-refractivity contribution is 0.0527. The second-order valence-electron chi connectivity index (χ2n) is 8.95. The first kappa shape index (κ1) is 24.6. The van der Waals surface area contributed by atoms with Crippen molar-refractivity contribution >= 4 is 52.5 Å². The van der Waals surface area contributed by atoms with Crippen LogP contribution in [0.4, 0.5) is 0 Å². The third-order valence-electron chi connectivity index (χ3n) is 5.16. The molecule has 1 aromatic carbocycles. The highest BCUT2D eigenvalue weighted by Gasteiger charge is 2.22. The van der Waals surface area contributed by atoms with Gasteiger partial charge in [-0.2, -0.15) is 4.37 Å². The Morgan fingerprint density at radius 3 is 2.71 bits per heavy atom. The number of benzene rings is 1. The van der Waals surface area contributed by atoms with Gasteiger partial charge < -0.3 is 14.0 Å². The Bertz CT molecular complexity index is 1320. The van der Waals surface area contributed by atoms with Crippen molar-refractivity contribution in [2.45, 2.75) is 39.3 Å². The van der Waals surface area contributed by atoms with E-state index in [1.165, 1.54) is 17.9 Å². The van der Waals surface area contributed by atoms with Crippen LogP contribution in [0.5, 0.6) is 0 Å². The summed E-state index contributed by atoms with van der Waals surface area (Å²) in [6.07, 6.45) is 3.26. The minimum Gasteiger partial charge on any atom is -0.462 e. The molecule has 3 heterocycles. The number of hydrogen-bond donors (Lipinski definition) is 0. The predicted octanol–water partition coefficient (Wildman–Crippen LogP) is 5.87. The zero-order chi connectivity index (χ0) is 24.3. The largest absolute Gasteiger partial charge is 0.462 e. The van der Waals surface area contributed by atoms with Crippen molar-refractivity contribution in [2.24, 2.45) is 0 Å². The number of esters is 1. The molecule has 0 fully saturated rings. The van der Waals surface area contributed by atoms with Gasteiger partial charge in [-0.25, -0.2) is 19.7 Å². The molecule has 4 aromatic rings. The fourth-order valence-electron chi connectivity index (χ4n) is 3.47. The zero-order valence-corrected chi connectivity index (χ0v) is 22.9. The topological polar surface area (TPSA) is 92.0 Å². The number of carbonyl (C=O) groups excluding carboxylic acids is 1. The van der Waals surface area contributed by atoms with Crippen molar-refractivity contribution < 1.29 is 14.3 Å². The molecule has 4 rings (SSSR count). The van der Waals surface area contributed by atoms with Gasteiger partial charge in [0.25, 0.3) is 0 Å². The van der Waals surface area contributed by atoms with Crippen LogP contribution in [0, 0.1) is 0 Å². The molecule has 0 atom stereocenters. The average molecular weight is 561 g/mol. The zero-order valence-electron chi connectivity index (χ0n) is 19.5. The van der Waals surface area contributed by atoms with Gasteiger partial charge in [-0.05, 0) is 46.5 Å². The van der Waals surface area contributed by atoms with Gasteiger partial charge in [-0.1, -0.05) is 37.8 Å². The summed E-state index contributed by atoms with van der Waals surface area (Å²) in [5.74, 6) is -0.409. The molecule has 11 heteroatoms. The van der Waals surface area contributed by atoms with E-state index in [1.54, 1.807) is 13.1 Å². The van der Waals surface area contributed by atoms with Crippen LogP contribution in [0.15, 0.2) is 41.5 Å². The van der Waals surface area contributed by atoms with E-state index in [1.807, 2.05) is 28.8 Å². The number of carbonyl (C=O) groups is 1. The standard InChI is InChI=1S/C23H26BrN5O3SSi/c1-5-32-22(30)17-12-29(14-31-9-10-34(2,3)4)20-18(17)19(25-13-26-20)15-7-6-8-16(11-15)21-27-23(24)28-33-21/h6-8,11-13H,5,9-10,14H2,1-4H3. The maximum atomic E-state index is 12.9. The third-order valence-corrected chi connectivity index (χ3v) is 8.22. The van der Waals surface area contributed by atoms with Crippen LogP contribution in [0.1, 0.15) is 17.3 Å². The maximum Gasteiger partial charge on any atom is 0.340 e. The summed E-state index contributed by atoms with van der Waals surface area (Å²) in [6.45, 7) is 9.98. The van der Waals surface area contributed by atoms with E-state index in [-0.39, 0.29) is 6.61 Å². The van der Waals surface area contributed by atoms with Crippen LogP contribution in [-0.4, -0.2) is 51.1 Å². The molecule has 0 radical (unpaired) electrons. The van der Waals surface area contributed by atoms with E-state index in [2.05, 4.69) is 54.9 Å². The number of nitrogens with zero attached hydrogens (tertiary/aromatic N) is 5. The number of ether oxygens (including phenoxy) is 2. The van der Waals surface area contributed by atoms with Crippen LogP contribution < -0.4 is 0 Å². The van der Waals surface area contributed by atoms with Crippen LogP contribution in [0.3, 0.4) is 0 Å². The molecule has 0 spiro atoms. The van der Waals surface area contributed by atoms with Gasteiger partial charge in [0.1, 0.15) is 23.7 Å². The highest BCUT2D eigenvalue weighted by atomic mass is 79.9. The van der Waals surface area contributed by atoms with Crippen molar-refractivity contribution in [3.63, 3.8) is 0 Å². The number of halogens is 1. The smallest absolute Gasteiger partial charge is 0.340 e. The van der Waals surface area contributed by atoms with E-state index < -0.39 is 14.0 Å². The lowest BCUT2D eigenvalue weighted by Gasteiger charge is -2.15. The maximum absolute atomic E-state index is 12.9. The van der Waals surface area contributed by atoms with Gasteiger partial charge in [0, 0.05) is 32.0 Å². The lowest BCUT2D eigenvalue weighted by atomic mass is 10.0. The molecule has 0 bridgehead atoms. The fourth-order valence-corrected chi connectivity index (χ4v) is 5.30. The van der Waals surface area contributed by atoms with Gasteiger partial charge in [-0.15, -0.1) is 0 Å². The molecule has 0 amide bonds. The molecule has 0 saturated heterocycles. The molecule has 0 N–H and O–H groups in total. The van der Waals surface area contributed by atoms with Crippen molar-refractivity contribution in [1.82, 2.24) is 23.9 Å². The molecule has 0 unspecified atom stereocenters. The van der Waals surface area contributed by atoms with Gasteiger partial charge >= 0.3 is 5.97 Å². The average Bonchev–Trinajstić information content (AvgIpc) is 3.40. The molecule has 178 valence electrons. The molecule has 0 saturated carbocycles. The minimum absolute atomic E-state index is 0.280. The van der Waals surface area contributed by atoms with E-state index in [0.29, 0.717) is 40.4 Å². The first-order chi connectivity index (χ1) is 16.3. The van der Waals surface area contributed by atoms with Crippen molar-refractivity contribution in [1.29, 1.82) is 0 Å². The first-order valence-electron chi connectivity index (χ1n) is 11.0. The lowest BCUT2D eigenvalue weighted by Crippen LogP contribution is -2.22. The summed E-state index contributed by atoms with van der Waals surface area (Å²) in [4.78, 5) is 26.3. The summed E-state index contributed by atoms with van der Waals surface area (Å²) in [5, 5.41) is 1.43. The van der Waals surface area contributed by atoms with Crippen LogP contribution in [-0.2, 0) is 16.2 Å². The Morgan fingerprint density at radius 1 is 1.21 bits per heavy atom. The number of hydrogen-bond acceptors (Lipinski definition) is 8. The number of fused-ring (bicyclic) bond motifs is 1. The summed E-state index contributed by atoms with van der Waals surface area (Å²) < 4.78 is 17.9. The van der Waals surface area contributed by atoms with E-state index in [4.69, 9.17) is 9.47 Å². The minimum atomic E-state index is -1.20. The quantitative estimate of drug-likeness (QED) is 0.144. The Balaban J connectivity index is 1.76. The Morgan fingerprint density at radius 2 is 2.00 bits per heavy atom. The van der Waals surface area contributed by atoms with E-state index in [9.17, 15) is 4.79 Å². The predicted molar refractivity (Wildman–Crippen MR) is 140 cm³/mol. The monoisotopic (exact) mass is 559 g/mol. The second-order valence-corrected chi connectivity index (χ2v) is 16.0. The van der Waals surface area contributed by atoms with Crippen LogP contribution in [0.25, 0.3) is 32.9 Å². The van der Waals surface area contributed by atoms with Gasteiger partial charge in [0.15, 0.2) is 0 Å². The fraction of sp³-hybridized carbons (Fsp3) is 0.348. The Kier molecular flexibility index (Phi) is 7.56. The summed E-state index contributed by atoms with van der Waals surface area (Å²) in [7, 11) is -1.20. The highest BCUT2D eigenvalue weighted by molar-refractivity contribution is 9.10. The second kappa shape index (κ2) is 10.4. The van der Waals surface area contributed by atoms with E-state index >= 15 is 0 Å². The van der Waals surface area contributed by atoms with Crippen molar-refractivity contribution in [3.05, 3.63) is 47.1 Å². The Labute approximate surface area is 211 Å². The van der Waals surface area contributed by atoms with Crippen molar-refractivity contribution in [2.75, 3.05) is 13.2 Å². The van der Waals surface area contributed by atoms with E-state index in [0.717, 1.165) is 22.2 Å². The Hall–Kier alpha value is -2.47. The molecule has 0 aliphatic heterocycles. The molecule has 8 nitrogen and oxygen atoms in total. The summed E-state index contributed by atoms with van der Waals surface area (Å²) in [6, 6.07) is 8.92. The summed E-state index contributed by atoms with van der Waals surface area (Å²) >= 11 is 4.62. The molecule has 0 aliphatic carbocycles. The molecular weight excluding hydrogens is 534 g/mol. The first-order valence-corrected chi connectivity index (χ1v) is 16.2. The normalized spacial score (nSPS) is 11.8. The SMILES string of the molecule is CCOC(=O)c1cn(COCC[Si](C)(C)C)c2ncnc(-c3cccc(-c4nc(Br)ns4)c3)c12. The highest BCUT2D eigenvalue weighted by Crippen LogP contribution is 2.33. The van der Waals surface area contributed by atoms with Gasteiger partial charge in [0.2, 0.25) is 4.73 Å². The molecular formula is C23H26BrN5O3SSi. The van der Waals surface area contributed by atoms with Crippen molar-refractivity contribution in [3.8, 4) is 21.8 Å². The summed E-state index contributed by atoms with van der Waals surface area (Å²) in [5.41, 5.74) is 3.47. The molecule has 0 aliphatic rings. The molecule has 34 heavy (non-hydrogen) atoms. The number of aromatic nitrogens is 5.